The molecule has 0 aromatic carbocycles. The van der Waals surface area contributed by atoms with Gasteiger partial charge in [0.05, 0.1) is 6.07 Å². The number of hydrogen-bond acceptors (Lipinski definition) is 4. The summed E-state index contributed by atoms with van der Waals surface area (Å²) in [5.74, 6) is -1.70. The van der Waals surface area contributed by atoms with Crippen molar-refractivity contribution in [1.82, 2.24) is 10.6 Å². The quantitative estimate of drug-likeness (QED) is 0.469. The lowest BCUT2D eigenvalue weighted by molar-refractivity contribution is -0.120. The summed E-state index contributed by atoms with van der Waals surface area (Å²) in [4.78, 5) is 21.2. The van der Waals surface area contributed by atoms with Gasteiger partial charge in [0, 0.05) is 0 Å². The van der Waals surface area contributed by atoms with Crippen LogP contribution >= 0.6 is 12.2 Å². The van der Waals surface area contributed by atoms with E-state index in [0.717, 1.165) is 0 Å². The van der Waals surface area contributed by atoms with E-state index in [2.05, 4.69) is 17.5 Å². The summed E-state index contributed by atoms with van der Waals surface area (Å²) in [6.45, 7) is 0. The lowest BCUT2D eigenvalue weighted by atomic mass is 10.1. The summed E-state index contributed by atoms with van der Waals surface area (Å²) in [5, 5.41) is 12.4. The number of carbonyl (C=O) groups is 2. The maximum Gasteiger partial charge on any atom is 0.326 e. The molecule has 5 nitrogen and oxygen atoms in total. The van der Waals surface area contributed by atoms with Crippen LogP contribution in [0.2, 0.25) is 0 Å². The van der Waals surface area contributed by atoms with E-state index in [0.29, 0.717) is 0 Å². The minimum atomic E-state index is -1.04. The maximum atomic E-state index is 10.8. The second-order valence-electron chi connectivity index (χ2n) is 1.87. The van der Waals surface area contributed by atoms with Gasteiger partial charge in [-0.15, -0.1) is 0 Å². The maximum absolute atomic E-state index is 10.8. The zero-order valence-electron chi connectivity index (χ0n) is 5.25. The zero-order chi connectivity index (χ0) is 8.43. The number of nitrogens with zero attached hydrogens (tertiary/aromatic N) is 1. The molecule has 0 spiro atoms. The molecule has 0 saturated carbocycles. The Kier molecular flexibility index (Phi) is 1.83. The third kappa shape index (κ3) is 1.33. The standard InChI is InChI=1S/C5H3N3O2S/c6-1-2-3(9)7-5(10)8-4(2)11/h2H,(H2,7,8,9,10,11). The molecular formula is C5H3N3O2S. The molecule has 6 heteroatoms. The number of thiocarbonyl (C=S) groups is 1. The molecule has 0 aromatic rings. The van der Waals surface area contributed by atoms with Crippen LogP contribution < -0.4 is 10.6 Å². The average molecular weight is 169 g/mol. The Balaban J connectivity index is 2.85. The smallest absolute Gasteiger partial charge is 0.300 e. The molecule has 0 aliphatic carbocycles. The van der Waals surface area contributed by atoms with Gasteiger partial charge in [0.15, 0.2) is 5.92 Å². The van der Waals surface area contributed by atoms with E-state index in [4.69, 9.17) is 5.26 Å². The Morgan fingerprint density at radius 1 is 1.45 bits per heavy atom. The van der Waals surface area contributed by atoms with Gasteiger partial charge in [-0.25, -0.2) is 4.79 Å². The highest BCUT2D eigenvalue weighted by Crippen LogP contribution is 2.00. The molecule has 0 aromatic heterocycles. The Labute approximate surface area is 67.4 Å². The number of nitriles is 1. The van der Waals surface area contributed by atoms with Gasteiger partial charge in [-0.2, -0.15) is 5.26 Å². The molecule has 1 atom stereocenters. The van der Waals surface area contributed by atoms with Crippen LogP contribution in [0.3, 0.4) is 0 Å². The van der Waals surface area contributed by atoms with Crippen LogP contribution in [0.15, 0.2) is 0 Å². The van der Waals surface area contributed by atoms with Crippen molar-refractivity contribution in [2.45, 2.75) is 0 Å². The second kappa shape index (κ2) is 2.64. The minimum Gasteiger partial charge on any atom is -0.300 e. The van der Waals surface area contributed by atoms with E-state index in [-0.39, 0.29) is 4.99 Å². The Bertz CT molecular complexity index is 260. The first-order chi connectivity index (χ1) is 5.15. The van der Waals surface area contributed by atoms with Gasteiger partial charge < -0.3 is 5.32 Å². The molecule has 2 N–H and O–H groups in total. The molecule has 1 saturated heterocycles. The first-order valence-electron chi connectivity index (χ1n) is 2.70. The third-order valence-corrected chi connectivity index (χ3v) is 1.46. The normalized spacial score (nSPS) is 23.5. The fraction of sp³-hybridized carbons (Fsp3) is 0.200. The van der Waals surface area contributed by atoms with Crippen molar-refractivity contribution in [2.24, 2.45) is 5.92 Å². The predicted octanol–water partition coefficient (Wildman–Crippen LogP) is -0.707. The molecule has 1 aliphatic heterocycles. The van der Waals surface area contributed by atoms with Crippen LogP contribution in [0.25, 0.3) is 0 Å². The lowest BCUT2D eigenvalue weighted by Gasteiger charge is -2.16. The largest absolute Gasteiger partial charge is 0.326 e. The van der Waals surface area contributed by atoms with Crippen LogP contribution in [-0.2, 0) is 4.79 Å². The van der Waals surface area contributed by atoms with Crippen molar-refractivity contribution in [3.05, 3.63) is 0 Å². The monoisotopic (exact) mass is 169 g/mol. The van der Waals surface area contributed by atoms with E-state index in [9.17, 15) is 9.59 Å². The number of rotatable bonds is 0. The zero-order valence-corrected chi connectivity index (χ0v) is 6.07. The van der Waals surface area contributed by atoms with Gasteiger partial charge in [0.2, 0.25) is 0 Å². The molecule has 11 heavy (non-hydrogen) atoms. The van der Waals surface area contributed by atoms with Gasteiger partial charge in [0.25, 0.3) is 5.91 Å². The van der Waals surface area contributed by atoms with E-state index in [1.54, 1.807) is 6.07 Å². The molecule has 1 aliphatic rings. The first-order valence-corrected chi connectivity index (χ1v) is 3.11. The van der Waals surface area contributed by atoms with E-state index < -0.39 is 17.9 Å². The SMILES string of the molecule is N#CC1C(=O)NC(=O)NC1=S. The highest BCUT2D eigenvalue weighted by atomic mass is 32.1. The number of nitrogens with one attached hydrogen (secondary N) is 2. The fourth-order valence-electron chi connectivity index (χ4n) is 0.636. The van der Waals surface area contributed by atoms with Gasteiger partial charge in [0.1, 0.15) is 4.99 Å². The summed E-state index contributed by atoms with van der Waals surface area (Å²) in [6.07, 6.45) is 0. The summed E-state index contributed by atoms with van der Waals surface area (Å²) in [6, 6.07) is 0.981. The number of carbonyl (C=O) groups excluding carboxylic acids is 2. The summed E-state index contributed by atoms with van der Waals surface area (Å²) >= 11 is 4.57. The van der Waals surface area contributed by atoms with Gasteiger partial charge in [-0.05, 0) is 0 Å². The van der Waals surface area contributed by atoms with Crippen LogP contribution in [-0.4, -0.2) is 16.9 Å². The molecule has 1 heterocycles. The van der Waals surface area contributed by atoms with Crippen molar-refractivity contribution in [1.29, 1.82) is 5.26 Å². The molecule has 0 radical (unpaired) electrons. The summed E-state index contributed by atoms with van der Waals surface area (Å²) < 4.78 is 0. The van der Waals surface area contributed by atoms with Crippen LogP contribution in [0.1, 0.15) is 0 Å². The third-order valence-electron chi connectivity index (χ3n) is 1.13. The van der Waals surface area contributed by atoms with Crippen molar-refractivity contribution in [2.75, 3.05) is 0 Å². The molecule has 1 unspecified atom stereocenters. The van der Waals surface area contributed by atoms with Gasteiger partial charge in [-0.3, -0.25) is 10.1 Å². The highest BCUT2D eigenvalue weighted by molar-refractivity contribution is 7.80. The van der Waals surface area contributed by atoms with E-state index in [1.165, 1.54) is 0 Å². The highest BCUT2D eigenvalue weighted by Gasteiger charge is 2.30. The number of urea groups is 1. The molecular weight excluding hydrogens is 166 g/mol. The summed E-state index contributed by atoms with van der Waals surface area (Å²) in [5.41, 5.74) is 0. The summed E-state index contributed by atoms with van der Waals surface area (Å²) in [7, 11) is 0. The van der Waals surface area contributed by atoms with Gasteiger partial charge >= 0.3 is 6.03 Å². The van der Waals surface area contributed by atoms with Crippen LogP contribution in [0.5, 0.6) is 0 Å². The molecule has 0 bridgehead atoms. The molecule has 3 amide bonds. The van der Waals surface area contributed by atoms with Crippen molar-refractivity contribution in [3.8, 4) is 6.07 Å². The minimum absolute atomic E-state index is 0.0405. The van der Waals surface area contributed by atoms with Crippen molar-refractivity contribution in [3.63, 3.8) is 0 Å². The number of imide groups is 1. The van der Waals surface area contributed by atoms with Crippen LogP contribution in [0, 0.1) is 17.2 Å². The van der Waals surface area contributed by atoms with E-state index >= 15 is 0 Å². The first kappa shape index (κ1) is 7.63. The van der Waals surface area contributed by atoms with E-state index in [1.807, 2.05) is 5.32 Å². The van der Waals surface area contributed by atoms with Crippen LogP contribution in [0.4, 0.5) is 4.79 Å². The Morgan fingerprint density at radius 3 is 2.55 bits per heavy atom. The second-order valence-corrected chi connectivity index (χ2v) is 2.31. The Hall–Kier alpha value is -1.48. The molecule has 1 fully saturated rings. The van der Waals surface area contributed by atoms with Crippen molar-refractivity contribution < 1.29 is 9.59 Å². The lowest BCUT2D eigenvalue weighted by Crippen LogP contribution is -2.54. The average Bonchev–Trinajstić information content (AvgIpc) is 1.85. The predicted molar refractivity (Wildman–Crippen MR) is 38.4 cm³/mol. The topological polar surface area (TPSA) is 82.0 Å². The number of hydrogen-bond donors (Lipinski definition) is 2. The fourth-order valence-corrected chi connectivity index (χ4v) is 0.888. The Morgan fingerprint density at radius 2 is 2.09 bits per heavy atom. The van der Waals surface area contributed by atoms with Crippen molar-refractivity contribution >= 4 is 29.1 Å². The number of amides is 3. The molecule has 1 rings (SSSR count). The van der Waals surface area contributed by atoms with Gasteiger partial charge in [-0.1, -0.05) is 12.2 Å². The molecule has 56 valence electrons.